The van der Waals surface area contributed by atoms with Crippen LogP contribution in [-0.2, 0) is 40.9 Å². The Morgan fingerprint density at radius 1 is 0.615 bits per heavy atom. The predicted molar refractivity (Wildman–Crippen MR) is 147 cm³/mol. The van der Waals surface area contributed by atoms with Gasteiger partial charge >= 0.3 is 6.16 Å². The Hall–Kier alpha value is -3.74. The van der Waals surface area contributed by atoms with E-state index in [0.717, 1.165) is 24.8 Å². The lowest BCUT2D eigenvalue weighted by molar-refractivity contribution is 0.0932. The first-order valence-electron chi connectivity index (χ1n) is 11.4. The molecule has 0 atom stereocenters. The summed E-state index contributed by atoms with van der Waals surface area (Å²) in [7, 11) is -11.7. The Labute approximate surface area is 225 Å². The number of ether oxygens (including phenoxy) is 2. The smallest absolute Gasteiger partial charge is 0.429 e. The van der Waals surface area contributed by atoms with E-state index in [1.165, 1.54) is 30.3 Å². The molecule has 0 saturated carbocycles. The zero-order chi connectivity index (χ0) is 28.3. The van der Waals surface area contributed by atoms with Gasteiger partial charge in [0.1, 0.15) is 12.4 Å². The number of sulfone groups is 3. The molecule has 0 saturated heterocycles. The number of hydrogen-bond donors (Lipinski definition) is 0. The summed E-state index contributed by atoms with van der Waals surface area (Å²) in [6.45, 7) is -0.0835. The maximum atomic E-state index is 12.8. The van der Waals surface area contributed by atoms with Gasteiger partial charge in [0.05, 0.1) is 14.7 Å². The van der Waals surface area contributed by atoms with Crippen LogP contribution in [0.3, 0.4) is 0 Å². The second-order valence-electron chi connectivity index (χ2n) is 9.26. The minimum absolute atomic E-state index is 0.0835. The first-order valence-corrected chi connectivity index (χ1v) is 17.1. The predicted octanol–water partition coefficient (Wildman–Crippen LogP) is 4.51. The van der Waals surface area contributed by atoms with Gasteiger partial charge in [-0.3, -0.25) is 0 Å². The Morgan fingerprint density at radius 2 is 1.05 bits per heavy atom. The molecular weight excluding hydrogens is 564 g/mol. The van der Waals surface area contributed by atoms with E-state index in [9.17, 15) is 30.0 Å². The van der Waals surface area contributed by atoms with Crippen molar-refractivity contribution in [3.63, 3.8) is 0 Å². The van der Waals surface area contributed by atoms with Crippen molar-refractivity contribution in [2.45, 2.75) is 21.3 Å². The lowest BCUT2D eigenvalue weighted by atomic mass is 9.93. The van der Waals surface area contributed by atoms with Gasteiger partial charge in [0, 0.05) is 57.2 Å². The van der Waals surface area contributed by atoms with Gasteiger partial charge in [-0.15, -0.1) is 0 Å². The van der Waals surface area contributed by atoms with Gasteiger partial charge in [-0.1, -0.05) is 48.5 Å². The molecule has 0 spiro atoms. The van der Waals surface area contributed by atoms with Crippen LogP contribution in [0.15, 0.2) is 81.4 Å². The van der Waals surface area contributed by atoms with Gasteiger partial charge < -0.3 is 9.47 Å². The standard InChI is InChI=1S/C27H22O9S3/c1-37(29,30)22-13-21(36-27(28)35-15-16-7-5-4-6-8-16)17-9-10-19-23(38(2,31)32)14-24(39(3,33)34)20-12-11-18(22)25(17)26(19)20/h4-14H,15H2,1-3H3. The molecule has 0 aliphatic carbocycles. The highest BCUT2D eigenvalue weighted by atomic mass is 32.2. The van der Waals surface area contributed by atoms with Crippen LogP contribution < -0.4 is 4.74 Å². The molecule has 0 aliphatic heterocycles. The maximum Gasteiger partial charge on any atom is 0.514 e. The first kappa shape index (κ1) is 26.9. The molecule has 0 bridgehead atoms. The third-order valence-corrected chi connectivity index (χ3v) is 9.75. The summed E-state index contributed by atoms with van der Waals surface area (Å²) in [5.41, 5.74) is 0.711. The van der Waals surface area contributed by atoms with Crippen molar-refractivity contribution in [3.05, 3.63) is 72.3 Å². The summed E-state index contributed by atoms with van der Waals surface area (Å²) in [4.78, 5) is 12.0. The van der Waals surface area contributed by atoms with Gasteiger partial charge in [0.2, 0.25) is 0 Å². The van der Waals surface area contributed by atoms with Crippen molar-refractivity contribution in [1.82, 2.24) is 0 Å². The number of rotatable bonds is 6. The molecule has 5 rings (SSSR count). The van der Waals surface area contributed by atoms with Crippen LogP contribution in [-0.4, -0.2) is 50.2 Å². The van der Waals surface area contributed by atoms with Crippen molar-refractivity contribution in [2.75, 3.05) is 18.8 Å². The molecule has 0 amide bonds. The van der Waals surface area contributed by atoms with Crippen LogP contribution in [0.1, 0.15) is 5.56 Å². The van der Waals surface area contributed by atoms with E-state index in [0.29, 0.717) is 5.56 Å². The van der Waals surface area contributed by atoms with Crippen molar-refractivity contribution in [1.29, 1.82) is 0 Å². The van der Waals surface area contributed by atoms with Crippen LogP contribution in [0.25, 0.3) is 32.3 Å². The molecule has 39 heavy (non-hydrogen) atoms. The fourth-order valence-electron chi connectivity index (χ4n) is 4.71. The van der Waals surface area contributed by atoms with Crippen LogP contribution >= 0.6 is 0 Å². The van der Waals surface area contributed by atoms with Gasteiger partial charge in [-0.2, -0.15) is 0 Å². The highest BCUT2D eigenvalue weighted by Crippen LogP contribution is 2.45. The molecule has 0 heterocycles. The topological polar surface area (TPSA) is 138 Å². The summed E-state index contributed by atoms with van der Waals surface area (Å²) in [6.07, 6.45) is 1.83. The van der Waals surface area contributed by atoms with Gasteiger partial charge in [-0.25, -0.2) is 30.0 Å². The zero-order valence-corrected chi connectivity index (χ0v) is 23.4. The highest BCUT2D eigenvalue weighted by Gasteiger charge is 2.27. The third kappa shape index (κ3) is 4.90. The summed E-state index contributed by atoms with van der Waals surface area (Å²) < 4.78 is 87.1. The molecule has 0 fully saturated rings. The van der Waals surface area contributed by atoms with Crippen LogP contribution in [0, 0.1) is 0 Å². The minimum Gasteiger partial charge on any atom is -0.429 e. The van der Waals surface area contributed by atoms with E-state index in [1.54, 1.807) is 24.3 Å². The summed E-state index contributed by atoms with van der Waals surface area (Å²) >= 11 is 0. The zero-order valence-electron chi connectivity index (χ0n) is 21.0. The summed E-state index contributed by atoms with van der Waals surface area (Å²) in [6, 6.07) is 17.1. The average molecular weight is 587 g/mol. The second-order valence-corrected chi connectivity index (χ2v) is 15.2. The van der Waals surface area contributed by atoms with E-state index in [-0.39, 0.29) is 59.4 Å². The summed E-state index contributed by atoms with van der Waals surface area (Å²) in [5, 5.41) is 1.39. The Balaban J connectivity index is 1.82. The average Bonchev–Trinajstić information content (AvgIpc) is 2.85. The minimum atomic E-state index is -3.90. The Bertz CT molecular complexity index is 2060. The molecular formula is C27H22O9S3. The van der Waals surface area contributed by atoms with Crippen molar-refractivity contribution < 1.29 is 39.5 Å². The molecule has 0 radical (unpaired) electrons. The molecule has 0 N–H and O–H groups in total. The lowest BCUT2D eigenvalue weighted by Gasteiger charge is -2.19. The second kappa shape index (κ2) is 9.18. The van der Waals surface area contributed by atoms with E-state index in [4.69, 9.17) is 9.47 Å². The summed E-state index contributed by atoms with van der Waals surface area (Å²) in [5.74, 6) is -0.138. The van der Waals surface area contributed by atoms with Crippen LogP contribution in [0.2, 0.25) is 0 Å². The highest BCUT2D eigenvalue weighted by molar-refractivity contribution is 7.92. The number of carbonyl (C=O) groups excluding carboxylic acids is 1. The van der Waals surface area contributed by atoms with Gasteiger partial charge in [0.15, 0.2) is 29.5 Å². The maximum absolute atomic E-state index is 12.8. The normalized spacial score (nSPS) is 12.8. The fourth-order valence-corrected chi connectivity index (χ4v) is 7.47. The third-order valence-electron chi connectivity index (χ3n) is 6.34. The van der Waals surface area contributed by atoms with Crippen molar-refractivity contribution >= 4 is 68.0 Å². The Kier molecular flexibility index (Phi) is 6.32. The van der Waals surface area contributed by atoms with Crippen molar-refractivity contribution in [2.24, 2.45) is 0 Å². The molecule has 0 unspecified atom stereocenters. The lowest BCUT2D eigenvalue weighted by Crippen LogP contribution is -2.12. The quantitative estimate of drug-likeness (QED) is 0.160. The van der Waals surface area contributed by atoms with E-state index >= 15 is 0 Å². The van der Waals surface area contributed by atoms with Crippen LogP contribution in [0.5, 0.6) is 5.75 Å². The van der Waals surface area contributed by atoms with Crippen LogP contribution in [0.4, 0.5) is 4.79 Å². The molecule has 5 aromatic rings. The largest absolute Gasteiger partial charge is 0.514 e. The van der Waals surface area contributed by atoms with Gasteiger partial charge in [0.25, 0.3) is 0 Å². The molecule has 5 aromatic carbocycles. The fraction of sp³-hybridized carbons (Fsp3) is 0.148. The monoisotopic (exact) mass is 586 g/mol. The molecule has 9 nitrogen and oxygen atoms in total. The van der Waals surface area contributed by atoms with E-state index < -0.39 is 35.7 Å². The Morgan fingerprint density at radius 3 is 1.54 bits per heavy atom. The van der Waals surface area contributed by atoms with E-state index in [2.05, 4.69) is 0 Å². The number of benzene rings is 5. The van der Waals surface area contributed by atoms with E-state index in [1.807, 2.05) is 6.07 Å². The molecule has 202 valence electrons. The van der Waals surface area contributed by atoms with Crippen molar-refractivity contribution in [3.8, 4) is 5.75 Å². The number of carbonyl (C=O) groups is 1. The molecule has 0 aliphatic rings. The SMILES string of the molecule is CS(=O)(=O)c1cc(OC(=O)OCc2ccccc2)c2ccc3c(S(C)(=O)=O)cc(S(C)(=O)=O)c4ccc1c2c34. The van der Waals surface area contributed by atoms with Gasteiger partial charge in [-0.05, 0) is 17.7 Å². The number of hydrogen-bond acceptors (Lipinski definition) is 9. The first-order chi connectivity index (χ1) is 18.2. The molecule has 0 aromatic heterocycles. The molecule has 12 heteroatoms.